The Morgan fingerprint density at radius 1 is 0.882 bits per heavy atom. The Morgan fingerprint density at radius 2 is 1.74 bits per heavy atom. The largest absolute Gasteiger partial charge is 0.456 e. The maximum Gasteiger partial charge on any atom is 0.146 e. The van der Waals surface area contributed by atoms with Gasteiger partial charge in [0.05, 0.1) is 23.6 Å². The van der Waals surface area contributed by atoms with E-state index in [1.165, 1.54) is 12.0 Å². The van der Waals surface area contributed by atoms with Gasteiger partial charge < -0.3 is 14.6 Å². The molecular weight excluding hydrogens is 422 g/mol. The van der Waals surface area contributed by atoms with E-state index in [0.717, 1.165) is 65.0 Å². The molecule has 0 atom stereocenters. The fourth-order valence-electron chi connectivity index (χ4n) is 4.29. The van der Waals surface area contributed by atoms with Crippen LogP contribution in [0.15, 0.2) is 73.3 Å². The molecule has 0 saturated carbocycles. The zero-order chi connectivity index (χ0) is 23.3. The molecule has 0 spiro atoms. The van der Waals surface area contributed by atoms with Crippen LogP contribution in [-0.2, 0) is 6.42 Å². The highest BCUT2D eigenvalue weighted by Gasteiger charge is 2.10. The van der Waals surface area contributed by atoms with Crippen LogP contribution >= 0.6 is 0 Å². The minimum absolute atomic E-state index is 0.711. The summed E-state index contributed by atoms with van der Waals surface area (Å²) in [4.78, 5) is 19.2. The van der Waals surface area contributed by atoms with Crippen LogP contribution < -0.4 is 4.74 Å². The maximum absolute atomic E-state index is 6.14. The molecule has 0 aliphatic heterocycles. The Hall–Kier alpha value is -3.77. The SMILES string of the molecule is CCN(CC)CCCc1ccc(Oc2cnc3[nH]c4cnc(-c5cccnc5)cc4c3c2)cc1. The number of aryl methyl sites for hydroxylation is 1. The summed E-state index contributed by atoms with van der Waals surface area (Å²) in [5.41, 5.74) is 4.96. The Balaban J connectivity index is 1.33. The van der Waals surface area contributed by atoms with Crippen LogP contribution in [0.1, 0.15) is 25.8 Å². The second kappa shape index (κ2) is 10.0. The number of aromatic amines is 1. The Morgan fingerprint density at radius 3 is 2.50 bits per heavy atom. The predicted molar refractivity (Wildman–Crippen MR) is 137 cm³/mol. The second-order valence-electron chi connectivity index (χ2n) is 8.43. The lowest BCUT2D eigenvalue weighted by atomic mass is 10.1. The number of aromatic nitrogens is 4. The first-order valence-electron chi connectivity index (χ1n) is 11.9. The number of ether oxygens (including phenoxy) is 1. The van der Waals surface area contributed by atoms with Gasteiger partial charge >= 0.3 is 0 Å². The van der Waals surface area contributed by atoms with E-state index in [4.69, 9.17) is 4.74 Å². The molecule has 0 unspecified atom stereocenters. The maximum atomic E-state index is 6.14. The molecule has 0 aliphatic rings. The number of benzene rings is 1. The lowest BCUT2D eigenvalue weighted by Gasteiger charge is -2.17. The average molecular weight is 452 g/mol. The lowest BCUT2D eigenvalue weighted by molar-refractivity contribution is 0.300. The molecule has 0 radical (unpaired) electrons. The topological polar surface area (TPSA) is 66.9 Å². The van der Waals surface area contributed by atoms with Crippen molar-refractivity contribution >= 4 is 21.9 Å². The first-order chi connectivity index (χ1) is 16.7. The molecule has 172 valence electrons. The third-order valence-corrected chi connectivity index (χ3v) is 6.26. The van der Waals surface area contributed by atoms with Crippen molar-refractivity contribution in [2.24, 2.45) is 0 Å². The van der Waals surface area contributed by atoms with E-state index in [0.29, 0.717) is 5.75 Å². The van der Waals surface area contributed by atoms with Gasteiger partial charge in [0.15, 0.2) is 0 Å². The van der Waals surface area contributed by atoms with Crippen LogP contribution in [0.2, 0.25) is 0 Å². The molecule has 1 aromatic carbocycles. The highest BCUT2D eigenvalue weighted by atomic mass is 16.5. The third kappa shape index (κ3) is 4.77. The summed E-state index contributed by atoms with van der Waals surface area (Å²) >= 11 is 0. The quantitative estimate of drug-likeness (QED) is 0.287. The number of nitrogens with one attached hydrogen (secondary N) is 1. The normalized spacial score (nSPS) is 11.5. The van der Waals surface area contributed by atoms with Crippen molar-refractivity contribution in [3.63, 3.8) is 0 Å². The van der Waals surface area contributed by atoms with Crippen molar-refractivity contribution in [2.75, 3.05) is 19.6 Å². The first-order valence-corrected chi connectivity index (χ1v) is 11.9. The van der Waals surface area contributed by atoms with Gasteiger partial charge in [0.1, 0.15) is 17.1 Å². The van der Waals surface area contributed by atoms with E-state index in [9.17, 15) is 0 Å². The summed E-state index contributed by atoms with van der Waals surface area (Å²) < 4.78 is 6.14. The van der Waals surface area contributed by atoms with E-state index in [1.54, 1.807) is 12.4 Å². The molecule has 6 nitrogen and oxygen atoms in total. The molecule has 5 aromatic rings. The minimum atomic E-state index is 0.711. The van der Waals surface area contributed by atoms with Crippen molar-refractivity contribution in [3.05, 3.63) is 78.9 Å². The zero-order valence-corrected chi connectivity index (χ0v) is 19.7. The summed E-state index contributed by atoms with van der Waals surface area (Å²) in [6, 6.07) is 16.4. The molecule has 0 bridgehead atoms. The third-order valence-electron chi connectivity index (χ3n) is 6.26. The molecule has 0 amide bonds. The standard InChI is InChI=1S/C28H29N5O/c1-3-33(4-2)14-6-7-20-9-11-22(12-10-20)34-23-15-25-24-16-26(21-8-5-13-29-17-21)30-19-27(24)32-28(25)31-18-23/h5,8-13,15-19H,3-4,6-7,14H2,1-2H3,(H,31,32). The van der Waals surface area contributed by atoms with Crippen LogP contribution in [0.25, 0.3) is 33.2 Å². The van der Waals surface area contributed by atoms with Gasteiger partial charge in [-0.1, -0.05) is 26.0 Å². The molecule has 1 N–H and O–H groups in total. The fraction of sp³-hybridized carbons (Fsp3) is 0.250. The van der Waals surface area contributed by atoms with Crippen molar-refractivity contribution in [2.45, 2.75) is 26.7 Å². The summed E-state index contributed by atoms with van der Waals surface area (Å²) in [5.74, 6) is 1.52. The Labute approximate surface area is 199 Å². The molecule has 0 saturated heterocycles. The number of H-pyrrole nitrogens is 1. The van der Waals surface area contributed by atoms with E-state index in [2.05, 4.69) is 56.9 Å². The highest BCUT2D eigenvalue weighted by molar-refractivity contribution is 6.06. The monoisotopic (exact) mass is 451 g/mol. The molecule has 4 heterocycles. The molecule has 6 heteroatoms. The van der Waals surface area contributed by atoms with Gasteiger partial charge in [0.25, 0.3) is 0 Å². The second-order valence-corrected chi connectivity index (χ2v) is 8.43. The summed E-state index contributed by atoms with van der Waals surface area (Å²) in [6.07, 6.45) is 9.43. The van der Waals surface area contributed by atoms with Gasteiger partial charge in [0.2, 0.25) is 0 Å². The summed E-state index contributed by atoms with van der Waals surface area (Å²) in [6.45, 7) is 7.79. The summed E-state index contributed by atoms with van der Waals surface area (Å²) in [5, 5.41) is 2.07. The van der Waals surface area contributed by atoms with Crippen LogP contribution in [0.3, 0.4) is 0 Å². The van der Waals surface area contributed by atoms with Crippen molar-refractivity contribution in [1.29, 1.82) is 0 Å². The van der Waals surface area contributed by atoms with Crippen molar-refractivity contribution in [3.8, 4) is 22.8 Å². The molecule has 34 heavy (non-hydrogen) atoms. The number of hydrogen-bond donors (Lipinski definition) is 1. The number of nitrogens with zero attached hydrogens (tertiary/aromatic N) is 4. The number of pyridine rings is 3. The van der Waals surface area contributed by atoms with Crippen LogP contribution in [0.5, 0.6) is 11.5 Å². The first kappa shape index (κ1) is 22.0. The van der Waals surface area contributed by atoms with Crippen LogP contribution in [0.4, 0.5) is 0 Å². The predicted octanol–water partition coefficient (Wildman–Crippen LogP) is 6.24. The number of rotatable bonds is 9. The molecule has 5 rings (SSSR count). The van der Waals surface area contributed by atoms with Crippen molar-refractivity contribution in [1.82, 2.24) is 24.8 Å². The zero-order valence-electron chi connectivity index (χ0n) is 19.7. The van der Waals surface area contributed by atoms with Gasteiger partial charge in [-0.3, -0.25) is 9.97 Å². The van der Waals surface area contributed by atoms with Gasteiger partial charge in [-0.25, -0.2) is 4.98 Å². The van der Waals surface area contributed by atoms with Gasteiger partial charge in [0, 0.05) is 28.7 Å². The molecule has 0 fully saturated rings. The number of fused-ring (bicyclic) bond motifs is 3. The smallest absolute Gasteiger partial charge is 0.146 e. The Kier molecular flexibility index (Phi) is 6.49. The van der Waals surface area contributed by atoms with Gasteiger partial charge in [-0.05, 0) is 74.4 Å². The minimum Gasteiger partial charge on any atom is -0.456 e. The molecular formula is C28H29N5O. The van der Waals surface area contributed by atoms with E-state index < -0.39 is 0 Å². The van der Waals surface area contributed by atoms with Crippen LogP contribution in [0, 0.1) is 0 Å². The van der Waals surface area contributed by atoms with E-state index in [-0.39, 0.29) is 0 Å². The number of hydrogen-bond acceptors (Lipinski definition) is 5. The van der Waals surface area contributed by atoms with E-state index in [1.807, 2.05) is 42.7 Å². The van der Waals surface area contributed by atoms with E-state index >= 15 is 0 Å². The van der Waals surface area contributed by atoms with Crippen LogP contribution in [-0.4, -0.2) is 44.5 Å². The van der Waals surface area contributed by atoms with Crippen molar-refractivity contribution < 1.29 is 4.74 Å². The average Bonchev–Trinajstić information content (AvgIpc) is 3.25. The van der Waals surface area contributed by atoms with Gasteiger partial charge in [-0.2, -0.15) is 0 Å². The fourth-order valence-corrected chi connectivity index (χ4v) is 4.29. The van der Waals surface area contributed by atoms with Gasteiger partial charge in [-0.15, -0.1) is 0 Å². The lowest BCUT2D eigenvalue weighted by Crippen LogP contribution is -2.24. The molecule has 4 aromatic heterocycles. The Bertz CT molecular complexity index is 1380. The highest BCUT2D eigenvalue weighted by Crippen LogP contribution is 2.31. The summed E-state index contributed by atoms with van der Waals surface area (Å²) in [7, 11) is 0. The molecule has 0 aliphatic carbocycles.